The normalized spacial score (nSPS) is 16.3. The number of thioether (sulfide) groups is 1. The number of hydrogen-bond acceptors (Lipinski definition) is 7. The molecular weight excluding hydrogens is 509 g/mol. The molecule has 1 N–H and O–H groups in total. The molecule has 38 heavy (non-hydrogen) atoms. The van der Waals surface area contributed by atoms with Crippen LogP contribution in [0.1, 0.15) is 12.0 Å². The van der Waals surface area contributed by atoms with Gasteiger partial charge in [0.25, 0.3) is 0 Å². The van der Waals surface area contributed by atoms with Gasteiger partial charge in [-0.1, -0.05) is 17.8 Å². The molecule has 0 bridgehead atoms. The van der Waals surface area contributed by atoms with E-state index in [-0.39, 0.29) is 24.1 Å². The van der Waals surface area contributed by atoms with Crippen molar-refractivity contribution in [2.45, 2.75) is 18.1 Å². The van der Waals surface area contributed by atoms with Crippen LogP contribution in [-0.4, -0.2) is 55.0 Å². The van der Waals surface area contributed by atoms with Crippen LogP contribution in [0.3, 0.4) is 0 Å². The quantitative estimate of drug-likeness (QED) is 0.411. The summed E-state index contributed by atoms with van der Waals surface area (Å²) < 4.78 is 29.3. The zero-order valence-corrected chi connectivity index (χ0v) is 22.1. The highest BCUT2D eigenvalue weighted by molar-refractivity contribution is 8.15. The Bertz CT molecular complexity index is 1320. The second-order valence-corrected chi connectivity index (χ2v) is 9.55. The molecule has 2 amide bonds. The van der Waals surface area contributed by atoms with Crippen LogP contribution in [0.15, 0.2) is 71.7 Å². The van der Waals surface area contributed by atoms with E-state index in [2.05, 4.69) is 10.3 Å². The van der Waals surface area contributed by atoms with Crippen molar-refractivity contribution >= 4 is 40.1 Å². The molecule has 0 spiro atoms. The maximum Gasteiger partial charge on any atom is 0.238 e. The summed E-state index contributed by atoms with van der Waals surface area (Å²) in [6.07, 6.45) is 0.541. The summed E-state index contributed by atoms with van der Waals surface area (Å²) >= 11 is 1.21. The Labute approximate surface area is 224 Å². The fourth-order valence-electron chi connectivity index (χ4n) is 3.86. The van der Waals surface area contributed by atoms with Gasteiger partial charge in [0, 0.05) is 18.7 Å². The zero-order chi connectivity index (χ0) is 27.1. The maximum absolute atomic E-state index is 13.5. The van der Waals surface area contributed by atoms with Gasteiger partial charge in [-0.15, -0.1) is 0 Å². The van der Waals surface area contributed by atoms with Crippen molar-refractivity contribution in [2.75, 3.05) is 33.2 Å². The Hall–Kier alpha value is -4.05. The summed E-state index contributed by atoms with van der Waals surface area (Å²) in [7, 11) is 4.70. The predicted molar refractivity (Wildman–Crippen MR) is 146 cm³/mol. The number of carbonyl (C=O) groups is 2. The van der Waals surface area contributed by atoms with Crippen LogP contribution in [0.25, 0.3) is 0 Å². The molecule has 1 aliphatic heterocycles. The smallest absolute Gasteiger partial charge is 0.238 e. The first-order valence-corrected chi connectivity index (χ1v) is 12.7. The van der Waals surface area contributed by atoms with Gasteiger partial charge < -0.3 is 19.5 Å². The molecule has 1 fully saturated rings. The van der Waals surface area contributed by atoms with E-state index in [4.69, 9.17) is 14.2 Å². The Kier molecular flexibility index (Phi) is 8.85. The number of aliphatic imine (C=N–C) groups is 1. The number of halogens is 1. The van der Waals surface area contributed by atoms with E-state index < -0.39 is 5.25 Å². The third kappa shape index (κ3) is 6.63. The number of amidine groups is 1. The van der Waals surface area contributed by atoms with Gasteiger partial charge in [-0.2, -0.15) is 0 Å². The number of carbonyl (C=O) groups excluding carboxylic acids is 2. The number of benzene rings is 3. The van der Waals surface area contributed by atoms with Gasteiger partial charge in [0.1, 0.15) is 16.8 Å². The summed E-state index contributed by atoms with van der Waals surface area (Å²) in [5.74, 6) is 0.970. The SMILES string of the molecule is COc1ccc(NC(=O)C2CC(=O)N(CCc3ccc(OC)c(OC)c3)C(=Nc3ccc(F)cc3)S2)cc1. The van der Waals surface area contributed by atoms with Gasteiger partial charge >= 0.3 is 0 Å². The van der Waals surface area contributed by atoms with Crippen LogP contribution in [0.2, 0.25) is 0 Å². The molecule has 1 aliphatic rings. The Morgan fingerprint density at radius 3 is 2.37 bits per heavy atom. The second kappa shape index (κ2) is 12.5. The number of hydrogen-bond donors (Lipinski definition) is 1. The molecule has 1 unspecified atom stereocenters. The van der Waals surface area contributed by atoms with Crippen molar-refractivity contribution in [3.8, 4) is 17.2 Å². The average molecular weight is 538 g/mol. The lowest BCUT2D eigenvalue weighted by Gasteiger charge is -2.32. The van der Waals surface area contributed by atoms with Gasteiger partial charge in [0.15, 0.2) is 16.7 Å². The van der Waals surface area contributed by atoms with E-state index in [1.807, 2.05) is 18.2 Å². The molecular formula is C28H28FN3O5S. The van der Waals surface area contributed by atoms with E-state index in [0.29, 0.717) is 46.8 Å². The first kappa shape index (κ1) is 27.0. The van der Waals surface area contributed by atoms with Gasteiger partial charge in [-0.05, 0) is 72.6 Å². The molecule has 4 rings (SSSR count). The number of methoxy groups -OCH3 is 3. The Balaban J connectivity index is 1.54. The molecule has 0 saturated carbocycles. The Morgan fingerprint density at radius 1 is 1.00 bits per heavy atom. The summed E-state index contributed by atoms with van der Waals surface area (Å²) in [4.78, 5) is 32.5. The van der Waals surface area contributed by atoms with E-state index in [9.17, 15) is 14.0 Å². The molecule has 1 atom stereocenters. The van der Waals surface area contributed by atoms with Gasteiger partial charge in [-0.3, -0.25) is 14.5 Å². The first-order chi connectivity index (χ1) is 18.4. The summed E-state index contributed by atoms with van der Waals surface area (Å²) in [6.45, 7) is 0.341. The lowest BCUT2D eigenvalue weighted by Crippen LogP contribution is -2.46. The summed E-state index contributed by atoms with van der Waals surface area (Å²) in [6, 6.07) is 18.2. The van der Waals surface area contributed by atoms with Crippen LogP contribution >= 0.6 is 11.8 Å². The molecule has 1 heterocycles. The van der Waals surface area contributed by atoms with Crippen LogP contribution in [0.4, 0.5) is 15.8 Å². The molecule has 8 nitrogen and oxygen atoms in total. The van der Waals surface area contributed by atoms with E-state index >= 15 is 0 Å². The van der Waals surface area contributed by atoms with Gasteiger partial charge in [0.2, 0.25) is 11.8 Å². The minimum absolute atomic E-state index is 0.0149. The fourth-order valence-corrected chi connectivity index (χ4v) is 4.99. The number of anilines is 1. The number of rotatable bonds is 9. The summed E-state index contributed by atoms with van der Waals surface area (Å²) in [5.41, 5.74) is 2.02. The largest absolute Gasteiger partial charge is 0.497 e. The number of ether oxygens (including phenoxy) is 3. The van der Waals surface area contributed by atoms with E-state index in [1.165, 1.54) is 36.0 Å². The molecule has 3 aromatic carbocycles. The standard InChI is InChI=1S/C28H28FN3O5S/c1-35-22-11-9-20(10-12-22)30-27(34)25-17-26(33)32(28(38-25)31-21-7-5-19(29)6-8-21)15-14-18-4-13-23(36-2)24(16-18)37-3/h4-13,16,25H,14-15,17H2,1-3H3,(H,30,34). The predicted octanol–water partition coefficient (Wildman–Crippen LogP) is 5.05. The van der Waals surface area contributed by atoms with Crippen LogP contribution in [0.5, 0.6) is 17.2 Å². The first-order valence-electron chi connectivity index (χ1n) is 11.9. The third-order valence-electron chi connectivity index (χ3n) is 5.91. The molecule has 0 aliphatic carbocycles. The van der Waals surface area contributed by atoms with Crippen LogP contribution < -0.4 is 19.5 Å². The minimum atomic E-state index is -0.680. The van der Waals surface area contributed by atoms with Crippen molar-refractivity contribution in [3.05, 3.63) is 78.1 Å². The fraction of sp³-hybridized carbons (Fsp3) is 0.250. The average Bonchev–Trinajstić information content (AvgIpc) is 2.93. The lowest BCUT2D eigenvalue weighted by atomic mass is 10.1. The van der Waals surface area contributed by atoms with E-state index in [1.54, 1.807) is 50.5 Å². The molecule has 1 saturated heterocycles. The van der Waals surface area contributed by atoms with Crippen molar-refractivity contribution in [1.82, 2.24) is 4.90 Å². The van der Waals surface area contributed by atoms with Gasteiger partial charge in [0.05, 0.1) is 27.0 Å². The van der Waals surface area contributed by atoms with Crippen molar-refractivity contribution in [1.29, 1.82) is 0 Å². The lowest BCUT2D eigenvalue weighted by molar-refractivity contribution is -0.129. The zero-order valence-electron chi connectivity index (χ0n) is 21.3. The number of amides is 2. The highest BCUT2D eigenvalue weighted by Gasteiger charge is 2.36. The van der Waals surface area contributed by atoms with Crippen LogP contribution in [0, 0.1) is 5.82 Å². The highest BCUT2D eigenvalue weighted by Crippen LogP contribution is 2.32. The summed E-state index contributed by atoms with van der Waals surface area (Å²) in [5, 5.41) is 2.55. The van der Waals surface area contributed by atoms with E-state index in [0.717, 1.165) is 5.56 Å². The monoisotopic (exact) mass is 537 g/mol. The van der Waals surface area contributed by atoms with Crippen molar-refractivity contribution < 1.29 is 28.2 Å². The van der Waals surface area contributed by atoms with Crippen molar-refractivity contribution in [2.24, 2.45) is 4.99 Å². The Morgan fingerprint density at radius 2 is 1.71 bits per heavy atom. The topological polar surface area (TPSA) is 89.5 Å². The number of nitrogens with zero attached hydrogens (tertiary/aromatic N) is 2. The molecule has 3 aromatic rings. The molecule has 0 aromatic heterocycles. The molecule has 10 heteroatoms. The van der Waals surface area contributed by atoms with Gasteiger partial charge in [-0.25, -0.2) is 9.38 Å². The highest BCUT2D eigenvalue weighted by atomic mass is 32.2. The maximum atomic E-state index is 13.5. The molecule has 198 valence electrons. The van der Waals surface area contributed by atoms with Crippen molar-refractivity contribution in [3.63, 3.8) is 0 Å². The third-order valence-corrected chi connectivity index (χ3v) is 7.10. The minimum Gasteiger partial charge on any atom is -0.497 e. The molecule has 0 radical (unpaired) electrons. The second-order valence-electron chi connectivity index (χ2n) is 8.38. The number of nitrogens with one attached hydrogen (secondary N) is 1. The van der Waals surface area contributed by atoms with Crippen LogP contribution in [-0.2, 0) is 16.0 Å².